The van der Waals surface area contributed by atoms with Crippen molar-refractivity contribution in [3.8, 4) is 11.5 Å². The summed E-state index contributed by atoms with van der Waals surface area (Å²) in [7, 11) is 2.72. The lowest BCUT2D eigenvalue weighted by atomic mass is 9.94. The summed E-state index contributed by atoms with van der Waals surface area (Å²) in [6.07, 6.45) is -0.710. The number of hydrogen-bond donors (Lipinski definition) is 1. The first-order valence-corrected chi connectivity index (χ1v) is 5.23. The van der Waals surface area contributed by atoms with Gasteiger partial charge in [-0.25, -0.2) is 8.78 Å². The highest BCUT2D eigenvalue weighted by Gasteiger charge is 2.78. The van der Waals surface area contributed by atoms with Crippen LogP contribution in [0.15, 0.2) is 18.2 Å². The molecule has 0 saturated heterocycles. The molecule has 2 rings (SSSR count). The Morgan fingerprint density at radius 1 is 1.33 bits per heavy atom. The van der Waals surface area contributed by atoms with Crippen molar-refractivity contribution in [3.05, 3.63) is 23.8 Å². The fourth-order valence-corrected chi connectivity index (χ4v) is 2.08. The molecular formula is C12H12F2O4. The molecule has 1 unspecified atom stereocenters. The Morgan fingerprint density at radius 2 is 1.94 bits per heavy atom. The van der Waals surface area contributed by atoms with Crippen LogP contribution in [-0.4, -0.2) is 31.2 Å². The number of carboxylic acids is 1. The predicted octanol–water partition coefficient (Wildman–Crippen LogP) is 2.07. The molecule has 1 fully saturated rings. The van der Waals surface area contributed by atoms with E-state index >= 15 is 0 Å². The van der Waals surface area contributed by atoms with Crippen molar-refractivity contribution in [1.82, 2.24) is 0 Å². The van der Waals surface area contributed by atoms with Gasteiger partial charge in [0.2, 0.25) is 0 Å². The van der Waals surface area contributed by atoms with Crippen molar-refractivity contribution in [3.63, 3.8) is 0 Å². The van der Waals surface area contributed by atoms with Gasteiger partial charge in [0.1, 0.15) is 11.5 Å². The molecule has 0 aliphatic heterocycles. The number of ether oxygens (including phenoxy) is 2. The average molecular weight is 258 g/mol. The number of halogens is 2. The lowest BCUT2D eigenvalue weighted by Gasteiger charge is -2.16. The summed E-state index contributed by atoms with van der Waals surface area (Å²) in [6.45, 7) is 0. The minimum absolute atomic E-state index is 0.0247. The summed E-state index contributed by atoms with van der Waals surface area (Å²) >= 11 is 0. The summed E-state index contributed by atoms with van der Waals surface area (Å²) in [5, 5.41) is 9.07. The summed E-state index contributed by atoms with van der Waals surface area (Å²) in [6, 6.07) is 4.15. The first-order chi connectivity index (χ1) is 8.39. The SMILES string of the molecule is COc1ccc(C2(C(=O)O)CC2(F)F)c(OC)c1. The number of rotatable bonds is 4. The number of benzene rings is 1. The van der Waals surface area contributed by atoms with Crippen LogP contribution in [0.4, 0.5) is 8.78 Å². The normalized spacial score (nSPS) is 24.4. The minimum atomic E-state index is -3.25. The van der Waals surface area contributed by atoms with Crippen LogP contribution in [0.2, 0.25) is 0 Å². The van der Waals surface area contributed by atoms with E-state index in [1.165, 1.54) is 32.4 Å². The highest BCUT2D eigenvalue weighted by molar-refractivity contribution is 5.89. The highest BCUT2D eigenvalue weighted by Crippen LogP contribution is 2.63. The van der Waals surface area contributed by atoms with Crippen LogP contribution >= 0.6 is 0 Å². The molecule has 1 N–H and O–H groups in total. The Labute approximate surface area is 102 Å². The van der Waals surface area contributed by atoms with Gasteiger partial charge in [-0.3, -0.25) is 4.79 Å². The number of carbonyl (C=O) groups is 1. The van der Waals surface area contributed by atoms with Gasteiger partial charge < -0.3 is 14.6 Å². The van der Waals surface area contributed by atoms with E-state index < -0.39 is 23.7 Å². The molecule has 18 heavy (non-hydrogen) atoms. The fraction of sp³-hybridized carbons (Fsp3) is 0.417. The van der Waals surface area contributed by atoms with Crippen LogP contribution < -0.4 is 9.47 Å². The third-order valence-corrected chi connectivity index (χ3v) is 3.22. The molecule has 98 valence electrons. The molecule has 0 spiro atoms. The quantitative estimate of drug-likeness (QED) is 0.898. The smallest absolute Gasteiger partial charge is 0.320 e. The lowest BCUT2D eigenvalue weighted by Crippen LogP contribution is -2.27. The molecule has 0 amide bonds. The Morgan fingerprint density at radius 3 is 2.33 bits per heavy atom. The van der Waals surface area contributed by atoms with Gasteiger partial charge in [-0.05, 0) is 6.07 Å². The van der Waals surface area contributed by atoms with E-state index in [2.05, 4.69) is 0 Å². The Hall–Kier alpha value is -1.85. The second-order valence-electron chi connectivity index (χ2n) is 4.16. The molecule has 1 aliphatic carbocycles. The molecular weight excluding hydrogens is 246 g/mol. The Bertz CT molecular complexity index is 501. The van der Waals surface area contributed by atoms with Crippen molar-refractivity contribution in [2.45, 2.75) is 17.8 Å². The van der Waals surface area contributed by atoms with Crippen molar-refractivity contribution in [1.29, 1.82) is 0 Å². The van der Waals surface area contributed by atoms with Crippen molar-refractivity contribution < 1.29 is 28.2 Å². The third-order valence-electron chi connectivity index (χ3n) is 3.22. The second kappa shape index (κ2) is 3.83. The van der Waals surface area contributed by atoms with Crippen LogP contribution in [0.3, 0.4) is 0 Å². The standard InChI is InChI=1S/C12H12F2O4/c1-17-7-3-4-8(9(5-7)18-2)11(10(15)16)6-12(11,13)14/h3-5H,6H2,1-2H3,(H,15,16). The Kier molecular flexibility index (Phi) is 2.68. The molecule has 0 radical (unpaired) electrons. The van der Waals surface area contributed by atoms with Gasteiger partial charge in [-0.2, -0.15) is 0 Å². The van der Waals surface area contributed by atoms with E-state index in [4.69, 9.17) is 14.6 Å². The van der Waals surface area contributed by atoms with Crippen LogP contribution in [0.25, 0.3) is 0 Å². The minimum Gasteiger partial charge on any atom is -0.497 e. The average Bonchev–Trinajstić information content (AvgIpc) is 2.93. The zero-order valence-corrected chi connectivity index (χ0v) is 9.87. The zero-order valence-electron chi connectivity index (χ0n) is 9.87. The zero-order chi connectivity index (χ0) is 13.6. The third kappa shape index (κ3) is 1.52. The second-order valence-corrected chi connectivity index (χ2v) is 4.16. The van der Waals surface area contributed by atoms with Gasteiger partial charge in [0.25, 0.3) is 5.92 Å². The van der Waals surface area contributed by atoms with E-state index in [-0.39, 0.29) is 11.3 Å². The van der Waals surface area contributed by atoms with Gasteiger partial charge in [0.05, 0.1) is 14.2 Å². The number of alkyl halides is 2. The number of carboxylic acid groups (broad SMARTS) is 1. The molecule has 1 saturated carbocycles. The maximum atomic E-state index is 13.4. The topological polar surface area (TPSA) is 55.8 Å². The van der Waals surface area contributed by atoms with Gasteiger partial charge in [0, 0.05) is 18.1 Å². The maximum Gasteiger partial charge on any atom is 0.320 e. The van der Waals surface area contributed by atoms with Crippen molar-refractivity contribution in [2.24, 2.45) is 0 Å². The molecule has 0 bridgehead atoms. The van der Waals surface area contributed by atoms with E-state index in [1.54, 1.807) is 0 Å². The van der Waals surface area contributed by atoms with E-state index in [1.807, 2.05) is 0 Å². The summed E-state index contributed by atoms with van der Waals surface area (Å²) < 4.78 is 36.8. The van der Waals surface area contributed by atoms with Gasteiger partial charge in [-0.15, -0.1) is 0 Å². The van der Waals surface area contributed by atoms with Crippen LogP contribution in [0.5, 0.6) is 11.5 Å². The first kappa shape index (κ1) is 12.6. The number of hydrogen-bond acceptors (Lipinski definition) is 3. The van der Waals surface area contributed by atoms with Crippen molar-refractivity contribution >= 4 is 5.97 Å². The summed E-state index contributed by atoms with van der Waals surface area (Å²) in [5.41, 5.74) is -2.20. The summed E-state index contributed by atoms with van der Waals surface area (Å²) in [5.74, 6) is -4.29. The molecule has 1 aromatic carbocycles. The molecule has 1 aromatic rings. The molecule has 0 heterocycles. The van der Waals surface area contributed by atoms with Gasteiger partial charge in [0.15, 0.2) is 5.41 Å². The molecule has 0 aromatic heterocycles. The van der Waals surface area contributed by atoms with E-state index in [0.717, 1.165) is 0 Å². The molecule has 4 nitrogen and oxygen atoms in total. The van der Waals surface area contributed by atoms with Crippen LogP contribution in [-0.2, 0) is 10.2 Å². The van der Waals surface area contributed by atoms with E-state index in [0.29, 0.717) is 5.75 Å². The van der Waals surface area contributed by atoms with Gasteiger partial charge in [-0.1, -0.05) is 6.07 Å². The fourth-order valence-electron chi connectivity index (χ4n) is 2.08. The lowest BCUT2D eigenvalue weighted by molar-refractivity contribution is -0.143. The number of aliphatic carboxylic acids is 1. The number of methoxy groups -OCH3 is 2. The predicted molar refractivity (Wildman–Crippen MR) is 58.4 cm³/mol. The van der Waals surface area contributed by atoms with Crippen LogP contribution in [0.1, 0.15) is 12.0 Å². The monoisotopic (exact) mass is 258 g/mol. The largest absolute Gasteiger partial charge is 0.497 e. The summed E-state index contributed by atoms with van der Waals surface area (Å²) in [4.78, 5) is 11.2. The first-order valence-electron chi connectivity index (χ1n) is 5.23. The van der Waals surface area contributed by atoms with Gasteiger partial charge >= 0.3 is 5.97 Å². The van der Waals surface area contributed by atoms with Crippen LogP contribution in [0, 0.1) is 0 Å². The molecule has 1 atom stereocenters. The Balaban J connectivity index is 2.54. The van der Waals surface area contributed by atoms with E-state index in [9.17, 15) is 13.6 Å². The van der Waals surface area contributed by atoms with Crippen molar-refractivity contribution in [2.75, 3.05) is 14.2 Å². The highest BCUT2D eigenvalue weighted by atomic mass is 19.3. The molecule has 1 aliphatic rings. The maximum absolute atomic E-state index is 13.4. The molecule has 6 heteroatoms.